The molecule has 0 rings (SSSR count). The summed E-state index contributed by atoms with van der Waals surface area (Å²) in [5.74, 6) is -0.434. The van der Waals surface area contributed by atoms with Crippen molar-refractivity contribution in [2.75, 3.05) is 0 Å². The number of hydrogen-bond donors (Lipinski definition) is 0. The lowest BCUT2D eigenvalue weighted by atomic mass is 10.1. The Hall–Kier alpha value is -0.370. The molecule has 0 N–H and O–H groups in total. The number of halogens is 1. The van der Waals surface area contributed by atoms with E-state index in [1.807, 2.05) is 6.92 Å². The van der Waals surface area contributed by atoms with Crippen LogP contribution in [0.25, 0.3) is 0 Å². The highest BCUT2D eigenvalue weighted by atomic mass is 35.5. The zero-order valence-corrected chi connectivity index (χ0v) is 6.94. The van der Waals surface area contributed by atoms with Crippen LogP contribution in [0.2, 0.25) is 0 Å². The van der Waals surface area contributed by atoms with Gasteiger partial charge in [0.25, 0.3) is 0 Å². The summed E-state index contributed by atoms with van der Waals surface area (Å²) in [5.41, 5.74) is 0. The van der Waals surface area contributed by atoms with Gasteiger partial charge in [-0.25, -0.2) is 0 Å². The molecule has 0 heterocycles. The Balaban J connectivity index is 3.82. The first-order valence-electron chi connectivity index (χ1n) is 3.26. The van der Waals surface area contributed by atoms with Gasteiger partial charge in [0.1, 0.15) is 5.38 Å². The van der Waals surface area contributed by atoms with E-state index < -0.39 is 5.38 Å². The molecule has 2 nitrogen and oxygen atoms in total. The van der Waals surface area contributed by atoms with Gasteiger partial charge in [0.2, 0.25) is 0 Å². The average molecular weight is 163 g/mol. The second-order valence-electron chi connectivity index (χ2n) is 2.19. The van der Waals surface area contributed by atoms with Crippen LogP contribution in [0.4, 0.5) is 0 Å². The molecular weight excluding hydrogens is 152 g/mol. The third kappa shape index (κ3) is 2.97. The van der Waals surface area contributed by atoms with E-state index in [2.05, 4.69) is 0 Å². The van der Waals surface area contributed by atoms with Crippen molar-refractivity contribution in [1.82, 2.24) is 0 Å². The van der Waals surface area contributed by atoms with Crippen molar-refractivity contribution in [1.29, 1.82) is 0 Å². The minimum absolute atomic E-state index is 0.170. The predicted octanol–water partition coefficient (Wildman–Crippen LogP) is 1.55. The maximum absolute atomic E-state index is 10.8. The summed E-state index contributed by atoms with van der Waals surface area (Å²) in [4.78, 5) is 21.3. The first kappa shape index (κ1) is 9.63. The lowest BCUT2D eigenvalue weighted by Gasteiger charge is -2.00. The number of Topliss-reactive ketones (excluding diaryl/α,β-unsaturated/α-hetero) is 2. The average Bonchev–Trinajstić information content (AvgIpc) is 1.87. The minimum atomic E-state index is -0.917. The molecule has 0 aliphatic heterocycles. The molecule has 0 fully saturated rings. The summed E-state index contributed by atoms with van der Waals surface area (Å²) in [6, 6.07) is 0. The maximum Gasteiger partial charge on any atom is 0.158 e. The van der Waals surface area contributed by atoms with Gasteiger partial charge in [-0.05, 0) is 13.3 Å². The smallest absolute Gasteiger partial charge is 0.158 e. The normalized spacial score (nSPS) is 12.7. The summed E-state index contributed by atoms with van der Waals surface area (Å²) in [6.45, 7) is 3.20. The van der Waals surface area contributed by atoms with Crippen LogP contribution in [0.1, 0.15) is 26.7 Å². The van der Waals surface area contributed by atoms with Crippen molar-refractivity contribution in [3.8, 4) is 0 Å². The minimum Gasteiger partial charge on any atom is -0.298 e. The summed E-state index contributed by atoms with van der Waals surface area (Å²) >= 11 is 5.45. The lowest BCUT2D eigenvalue weighted by molar-refractivity contribution is -0.125. The Morgan fingerprint density at radius 1 is 1.50 bits per heavy atom. The van der Waals surface area contributed by atoms with Crippen molar-refractivity contribution < 1.29 is 9.59 Å². The van der Waals surface area contributed by atoms with Crippen LogP contribution in [0, 0.1) is 0 Å². The van der Waals surface area contributed by atoms with E-state index in [1.54, 1.807) is 0 Å². The number of ketones is 2. The van der Waals surface area contributed by atoms with Gasteiger partial charge < -0.3 is 0 Å². The highest BCUT2D eigenvalue weighted by Crippen LogP contribution is 2.03. The van der Waals surface area contributed by atoms with Crippen LogP contribution in [0.5, 0.6) is 0 Å². The zero-order valence-electron chi connectivity index (χ0n) is 6.19. The number of alkyl halides is 1. The Labute approximate surface area is 65.6 Å². The fraction of sp³-hybridized carbons (Fsp3) is 0.714. The number of rotatable bonds is 4. The molecule has 0 aliphatic rings. The Kier molecular flexibility index (Phi) is 4.28. The molecule has 0 radical (unpaired) electrons. The van der Waals surface area contributed by atoms with E-state index >= 15 is 0 Å². The van der Waals surface area contributed by atoms with Crippen LogP contribution in [0.15, 0.2) is 0 Å². The number of carbonyl (C=O) groups is 2. The van der Waals surface area contributed by atoms with E-state index in [1.165, 1.54) is 6.92 Å². The molecule has 0 aromatic rings. The first-order valence-corrected chi connectivity index (χ1v) is 3.70. The van der Waals surface area contributed by atoms with E-state index in [0.29, 0.717) is 6.42 Å². The van der Waals surface area contributed by atoms with Crippen LogP contribution in [-0.2, 0) is 9.59 Å². The highest BCUT2D eigenvalue weighted by molar-refractivity contribution is 6.41. The quantitative estimate of drug-likeness (QED) is 0.464. The molecular formula is C7H11ClO2. The van der Waals surface area contributed by atoms with Gasteiger partial charge in [0.15, 0.2) is 11.6 Å². The standard InChI is InChI=1S/C7H11ClO2/c1-3-4-6(10)7(8)5(2)9/h7H,3-4H2,1-2H3. The molecule has 10 heavy (non-hydrogen) atoms. The Morgan fingerprint density at radius 3 is 2.30 bits per heavy atom. The van der Waals surface area contributed by atoms with Crippen molar-refractivity contribution in [3.63, 3.8) is 0 Å². The third-order valence-corrected chi connectivity index (χ3v) is 1.69. The topological polar surface area (TPSA) is 34.1 Å². The van der Waals surface area contributed by atoms with Crippen LogP contribution >= 0.6 is 11.6 Å². The zero-order chi connectivity index (χ0) is 8.15. The SMILES string of the molecule is CCCC(=O)C(Cl)C(C)=O. The van der Waals surface area contributed by atoms with E-state index in [-0.39, 0.29) is 11.6 Å². The fourth-order valence-electron chi connectivity index (χ4n) is 0.600. The van der Waals surface area contributed by atoms with Gasteiger partial charge in [-0.15, -0.1) is 11.6 Å². The summed E-state index contributed by atoms with van der Waals surface area (Å²) < 4.78 is 0. The van der Waals surface area contributed by atoms with Gasteiger partial charge in [-0.2, -0.15) is 0 Å². The predicted molar refractivity (Wildman–Crippen MR) is 40.2 cm³/mol. The summed E-state index contributed by atoms with van der Waals surface area (Å²) in [6.07, 6.45) is 1.14. The van der Waals surface area contributed by atoms with E-state index in [0.717, 1.165) is 6.42 Å². The highest BCUT2D eigenvalue weighted by Gasteiger charge is 2.18. The van der Waals surface area contributed by atoms with Gasteiger partial charge in [0, 0.05) is 6.42 Å². The molecule has 0 aliphatic carbocycles. The van der Waals surface area contributed by atoms with Gasteiger partial charge in [0.05, 0.1) is 0 Å². The van der Waals surface area contributed by atoms with Crippen molar-refractivity contribution in [3.05, 3.63) is 0 Å². The molecule has 0 saturated heterocycles. The van der Waals surface area contributed by atoms with E-state index in [9.17, 15) is 9.59 Å². The third-order valence-electron chi connectivity index (χ3n) is 1.14. The Morgan fingerprint density at radius 2 is 2.00 bits per heavy atom. The summed E-state index contributed by atoms with van der Waals surface area (Å²) in [5, 5.41) is -0.917. The molecule has 0 bridgehead atoms. The van der Waals surface area contributed by atoms with Crippen molar-refractivity contribution >= 4 is 23.2 Å². The largest absolute Gasteiger partial charge is 0.298 e. The molecule has 1 atom stereocenters. The molecule has 0 aromatic heterocycles. The fourth-order valence-corrected chi connectivity index (χ4v) is 0.709. The van der Waals surface area contributed by atoms with Gasteiger partial charge in [-0.3, -0.25) is 9.59 Å². The molecule has 0 aromatic carbocycles. The van der Waals surface area contributed by atoms with Crippen LogP contribution in [0.3, 0.4) is 0 Å². The molecule has 1 unspecified atom stereocenters. The monoisotopic (exact) mass is 162 g/mol. The van der Waals surface area contributed by atoms with Gasteiger partial charge >= 0.3 is 0 Å². The molecule has 3 heteroatoms. The second-order valence-corrected chi connectivity index (χ2v) is 2.63. The van der Waals surface area contributed by atoms with Crippen molar-refractivity contribution in [2.24, 2.45) is 0 Å². The maximum atomic E-state index is 10.8. The van der Waals surface area contributed by atoms with Gasteiger partial charge in [-0.1, -0.05) is 6.92 Å². The molecule has 0 amide bonds. The molecule has 0 spiro atoms. The Bertz CT molecular complexity index is 143. The number of hydrogen-bond acceptors (Lipinski definition) is 2. The second kappa shape index (κ2) is 4.45. The summed E-state index contributed by atoms with van der Waals surface area (Å²) in [7, 11) is 0. The number of carbonyl (C=O) groups excluding carboxylic acids is 2. The first-order chi connectivity index (χ1) is 4.59. The van der Waals surface area contributed by atoms with E-state index in [4.69, 9.17) is 11.6 Å². The molecule has 58 valence electrons. The van der Waals surface area contributed by atoms with Crippen molar-refractivity contribution in [2.45, 2.75) is 32.1 Å². The molecule has 0 saturated carbocycles. The van der Waals surface area contributed by atoms with Crippen LogP contribution < -0.4 is 0 Å². The lowest BCUT2D eigenvalue weighted by Crippen LogP contribution is -2.21. The van der Waals surface area contributed by atoms with Crippen LogP contribution in [-0.4, -0.2) is 16.9 Å².